The van der Waals surface area contributed by atoms with Crippen molar-refractivity contribution < 1.29 is 28.4 Å². The number of nitrogen functional groups attached to an aromatic ring is 1. The third kappa shape index (κ3) is 11.1. The normalized spacial score (nSPS) is 15.5. The van der Waals surface area contributed by atoms with Gasteiger partial charge in [-0.2, -0.15) is 0 Å². The number of carbonyl (C=O) groups is 2. The molecule has 2 heterocycles. The van der Waals surface area contributed by atoms with Gasteiger partial charge in [-0.1, -0.05) is 39.5 Å². The number of unbranched alkanes of at least 4 members (excludes halogenated alkanes) is 4. The Bertz CT molecular complexity index is 1130. The zero-order chi connectivity index (χ0) is 29.7. The average Bonchev–Trinajstić information content (AvgIpc) is 3.31. The van der Waals surface area contributed by atoms with Crippen molar-refractivity contribution in [1.82, 2.24) is 29.7 Å². The largest absolute Gasteiger partial charge is 0.465 e. The summed E-state index contributed by atoms with van der Waals surface area (Å²) < 4.78 is 32.3. The maximum Gasteiger partial charge on any atom is 0.323 e. The monoisotopic (exact) mass is 583 g/mol. The first kappa shape index (κ1) is 33.6. The van der Waals surface area contributed by atoms with Crippen LogP contribution in [-0.4, -0.2) is 69.2 Å². The molecule has 0 aliphatic heterocycles. The highest BCUT2D eigenvalue weighted by Crippen LogP contribution is 2.37. The number of nitrogens with two attached hydrogens (primary N) is 1. The molecule has 0 unspecified atom stereocenters. The Labute approximate surface area is 236 Å². The van der Waals surface area contributed by atoms with Gasteiger partial charge >= 0.3 is 11.9 Å². The summed E-state index contributed by atoms with van der Waals surface area (Å²) in [6.45, 7) is 11.5. The summed E-state index contributed by atoms with van der Waals surface area (Å²) >= 11 is 0. The number of rotatable bonds is 19. The van der Waals surface area contributed by atoms with Crippen LogP contribution in [0.3, 0.4) is 0 Å². The van der Waals surface area contributed by atoms with E-state index in [-0.39, 0.29) is 24.8 Å². The summed E-state index contributed by atoms with van der Waals surface area (Å²) in [5.41, 5.74) is 6.92. The van der Waals surface area contributed by atoms with Gasteiger partial charge in [0.1, 0.15) is 24.2 Å². The van der Waals surface area contributed by atoms with Crippen molar-refractivity contribution >= 4 is 36.4 Å². The van der Waals surface area contributed by atoms with E-state index in [1.165, 1.54) is 6.33 Å². The number of nitrogens with zero attached hydrogens (tertiary/aromatic N) is 4. The molecule has 226 valence electrons. The molecule has 13 nitrogen and oxygen atoms in total. The highest BCUT2D eigenvalue weighted by molar-refractivity contribution is 7.59. The van der Waals surface area contributed by atoms with Crippen molar-refractivity contribution in [1.29, 1.82) is 0 Å². The van der Waals surface area contributed by atoms with Crippen LogP contribution in [0, 0.1) is 5.92 Å². The summed E-state index contributed by atoms with van der Waals surface area (Å²) in [6.07, 6.45) is 7.21. The van der Waals surface area contributed by atoms with E-state index in [4.69, 9.17) is 19.9 Å². The number of esters is 2. The van der Waals surface area contributed by atoms with Crippen molar-refractivity contribution in [3.8, 4) is 0 Å². The molecule has 0 radical (unpaired) electrons. The summed E-state index contributed by atoms with van der Waals surface area (Å²) in [7, 11) is -3.51. The molecule has 0 bridgehead atoms. The van der Waals surface area contributed by atoms with E-state index in [9.17, 15) is 14.2 Å². The fourth-order valence-corrected chi connectivity index (χ4v) is 5.83. The summed E-state index contributed by atoms with van der Waals surface area (Å²) in [4.78, 5) is 37.3. The first-order valence-corrected chi connectivity index (χ1v) is 15.9. The SMILES string of the molecule is CCCCCCCOC(=O)[C@H](C)N[P@](=O)(CO[C@H](C)Cn1cnc2c(N)ncnc21)NC[C@H](C)C(=O)OC(C)C. The average molecular weight is 584 g/mol. The van der Waals surface area contributed by atoms with Crippen LogP contribution in [0.2, 0.25) is 0 Å². The lowest BCUT2D eigenvalue weighted by Crippen LogP contribution is -2.40. The molecular formula is C26H46N7O6P. The van der Waals surface area contributed by atoms with Crippen molar-refractivity contribution in [3.63, 3.8) is 0 Å². The minimum atomic E-state index is -3.51. The minimum absolute atomic E-state index is 0.0646. The van der Waals surface area contributed by atoms with Gasteiger partial charge in [-0.25, -0.2) is 20.0 Å². The molecule has 0 aliphatic carbocycles. The number of carbonyl (C=O) groups excluding carboxylic acids is 2. The summed E-state index contributed by atoms with van der Waals surface area (Å²) in [5, 5.41) is 5.81. The lowest BCUT2D eigenvalue weighted by molar-refractivity contribution is -0.151. The van der Waals surface area contributed by atoms with E-state index in [2.05, 4.69) is 32.1 Å². The number of nitrogens with one attached hydrogen (secondary N) is 2. The van der Waals surface area contributed by atoms with E-state index in [0.717, 1.165) is 32.1 Å². The Morgan fingerprint density at radius 2 is 1.77 bits per heavy atom. The van der Waals surface area contributed by atoms with Gasteiger partial charge in [0.15, 0.2) is 11.5 Å². The third-order valence-corrected chi connectivity index (χ3v) is 8.09. The second-order valence-corrected chi connectivity index (χ2v) is 12.7. The van der Waals surface area contributed by atoms with Gasteiger partial charge in [-0.3, -0.25) is 19.2 Å². The van der Waals surface area contributed by atoms with Crippen LogP contribution in [0.5, 0.6) is 0 Å². The zero-order valence-corrected chi connectivity index (χ0v) is 25.5. The Morgan fingerprint density at radius 3 is 2.48 bits per heavy atom. The molecule has 0 amide bonds. The van der Waals surface area contributed by atoms with Gasteiger partial charge in [-0.05, 0) is 34.1 Å². The minimum Gasteiger partial charge on any atom is -0.465 e. The van der Waals surface area contributed by atoms with Crippen molar-refractivity contribution in [2.75, 3.05) is 25.2 Å². The molecule has 2 rings (SSSR count). The van der Waals surface area contributed by atoms with Crippen LogP contribution in [0.15, 0.2) is 12.7 Å². The van der Waals surface area contributed by atoms with Crippen molar-refractivity contribution in [2.45, 2.75) is 98.4 Å². The molecule has 0 aliphatic rings. The molecule has 0 spiro atoms. The van der Waals surface area contributed by atoms with Crippen LogP contribution in [-0.2, 0) is 34.9 Å². The first-order valence-electron chi connectivity index (χ1n) is 14.0. The van der Waals surface area contributed by atoms with Gasteiger partial charge in [0.05, 0.1) is 37.6 Å². The van der Waals surface area contributed by atoms with E-state index in [1.54, 1.807) is 38.6 Å². The molecule has 2 aromatic heterocycles. The molecule has 14 heteroatoms. The van der Waals surface area contributed by atoms with Crippen LogP contribution in [0.1, 0.15) is 73.6 Å². The third-order valence-electron chi connectivity index (χ3n) is 6.08. The molecule has 0 saturated carbocycles. The Morgan fingerprint density at radius 1 is 1.05 bits per heavy atom. The fraction of sp³-hybridized carbons (Fsp3) is 0.731. The Kier molecular flexibility index (Phi) is 14.0. The molecule has 0 aromatic carbocycles. The number of fused-ring (bicyclic) bond motifs is 1. The van der Waals surface area contributed by atoms with Crippen LogP contribution >= 0.6 is 7.44 Å². The maximum absolute atomic E-state index is 13.9. The highest BCUT2D eigenvalue weighted by atomic mass is 31.2. The number of hydrogen-bond acceptors (Lipinski definition) is 10. The number of hydrogen-bond donors (Lipinski definition) is 3. The standard InChI is InChI=1S/C26H46N7O6P/c1-7-8-9-10-11-12-37-26(35)21(6)32-40(36,31-13-19(4)25(34)39-18(2)3)17-38-20(5)14-33-16-30-22-23(27)28-15-29-24(22)33/h15-16,18-21H,7-14,17H2,1-6H3,(H2,27,28,29)(H2,31,32,36)/t19-,20+,21-,40-/m0/s1. The molecule has 4 atom stereocenters. The molecule has 0 saturated heterocycles. The van der Waals surface area contributed by atoms with Gasteiger partial charge in [0.25, 0.3) is 0 Å². The fourth-order valence-electron chi connectivity index (χ4n) is 3.81. The van der Waals surface area contributed by atoms with E-state index >= 15 is 0 Å². The first-order chi connectivity index (χ1) is 19.0. The van der Waals surface area contributed by atoms with Gasteiger partial charge in [0.2, 0.25) is 7.44 Å². The molecule has 4 N–H and O–H groups in total. The lowest BCUT2D eigenvalue weighted by Gasteiger charge is -2.26. The molecular weight excluding hydrogens is 537 g/mol. The lowest BCUT2D eigenvalue weighted by atomic mass is 10.2. The predicted octanol–water partition coefficient (Wildman–Crippen LogP) is 3.63. The molecule has 0 fully saturated rings. The number of anilines is 1. The molecule has 2 aromatic rings. The molecule has 40 heavy (non-hydrogen) atoms. The number of aromatic nitrogens is 4. The smallest absolute Gasteiger partial charge is 0.323 e. The van der Waals surface area contributed by atoms with Gasteiger partial charge in [-0.15, -0.1) is 0 Å². The van der Waals surface area contributed by atoms with Crippen molar-refractivity contribution in [2.24, 2.45) is 5.92 Å². The maximum atomic E-state index is 13.9. The Balaban J connectivity index is 2.01. The second kappa shape index (κ2) is 16.6. The van der Waals surface area contributed by atoms with Crippen LogP contribution < -0.4 is 15.9 Å². The van der Waals surface area contributed by atoms with Gasteiger partial charge < -0.3 is 24.5 Å². The summed E-state index contributed by atoms with van der Waals surface area (Å²) in [6, 6.07) is -0.858. The topological polar surface area (TPSA) is 173 Å². The zero-order valence-electron chi connectivity index (χ0n) is 24.6. The van der Waals surface area contributed by atoms with Crippen LogP contribution in [0.25, 0.3) is 11.2 Å². The quantitative estimate of drug-likeness (QED) is 0.125. The van der Waals surface area contributed by atoms with E-state index in [0.29, 0.717) is 24.3 Å². The predicted molar refractivity (Wildman–Crippen MR) is 153 cm³/mol. The number of imidazole rings is 1. The van der Waals surface area contributed by atoms with Crippen LogP contribution in [0.4, 0.5) is 5.82 Å². The van der Waals surface area contributed by atoms with E-state index < -0.39 is 37.4 Å². The van der Waals surface area contributed by atoms with Gasteiger partial charge in [0, 0.05) is 6.54 Å². The Hall–Kier alpha value is -2.60. The summed E-state index contributed by atoms with van der Waals surface area (Å²) in [5.74, 6) is -1.20. The number of ether oxygens (including phenoxy) is 3. The second-order valence-electron chi connectivity index (χ2n) is 10.4. The van der Waals surface area contributed by atoms with Crippen molar-refractivity contribution in [3.05, 3.63) is 12.7 Å². The van der Waals surface area contributed by atoms with E-state index in [1.807, 2.05) is 6.92 Å². The highest BCUT2D eigenvalue weighted by Gasteiger charge is 2.30.